The highest BCUT2D eigenvalue weighted by Gasteiger charge is 2.36. The van der Waals surface area contributed by atoms with Crippen LogP contribution in [0.15, 0.2) is 40.9 Å². The Kier molecular flexibility index (Phi) is 5.78. The van der Waals surface area contributed by atoms with Gasteiger partial charge in [-0.2, -0.15) is 0 Å². The largest absolute Gasteiger partial charge is 0.323 e. The number of fused-ring (bicyclic) bond motifs is 1. The van der Waals surface area contributed by atoms with Gasteiger partial charge >= 0.3 is 0 Å². The van der Waals surface area contributed by atoms with Crippen LogP contribution in [0.4, 0.5) is 14.5 Å². The van der Waals surface area contributed by atoms with Crippen LogP contribution in [-0.4, -0.2) is 15.5 Å². The molecule has 0 radical (unpaired) electrons. The van der Waals surface area contributed by atoms with Gasteiger partial charge in [0.25, 0.3) is 0 Å². The molecule has 1 saturated carbocycles. The highest BCUT2D eigenvalue weighted by Crippen LogP contribution is 2.41. The highest BCUT2D eigenvalue weighted by molar-refractivity contribution is 9.10. The third-order valence-electron chi connectivity index (χ3n) is 6.96. The van der Waals surface area contributed by atoms with E-state index in [1.165, 1.54) is 6.07 Å². The Morgan fingerprint density at radius 3 is 2.53 bits per heavy atom. The third-order valence-corrected chi connectivity index (χ3v) is 7.45. The summed E-state index contributed by atoms with van der Waals surface area (Å²) in [7, 11) is 0. The Labute approximate surface area is 194 Å². The second-order valence-corrected chi connectivity index (χ2v) is 10.1. The van der Waals surface area contributed by atoms with Crippen LogP contribution in [0.5, 0.6) is 0 Å². The van der Waals surface area contributed by atoms with Crippen LogP contribution in [-0.2, 0) is 4.79 Å². The molecule has 2 heterocycles. The molecule has 1 unspecified atom stereocenters. The van der Waals surface area contributed by atoms with Crippen LogP contribution in [0, 0.1) is 17.6 Å². The van der Waals surface area contributed by atoms with Gasteiger partial charge in [0.1, 0.15) is 5.82 Å². The van der Waals surface area contributed by atoms with E-state index in [9.17, 15) is 13.6 Å². The van der Waals surface area contributed by atoms with Gasteiger partial charge in [0, 0.05) is 28.7 Å². The number of nitrogens with zero attached hydrogens (tertiary/aromatic N) is 3. The van der Waals surface area contributed by atoms with Gasteiger partial charge in [0.05, 0.1) is 17.1 Å². The smallest absolute Gasteiger partial charge is 0.227 e. The number of carbonyl (C=O) groups excluding carboxylic acids is 1. The highest BCUT2D eigenvalue weighted by atomic mass is 79.9. The van der Waals surface area contributed by atoms with Gasteiger partial charge in [-0.25, -0.2) is 13.8 Å². The van der Waals surface area contributed by atoms with E-state index in [1.807, 2.05) is 12.1 Å². The quantitative estimate of drug-likeness (QED) is 0.384. The molecular formula is C25H26BrF2N3O. The molecular weight excluding hydrogens is 476 g/mol. The van der Waals surface area contributed by atoms with Gasteiger partial charge in [-0.05, 0) is 74.8 Å². The lowest BCUT2D eigenvalue weighted by Crippen LogP contribution is -2.40. The predicted octanol–water partition coefficient (Wildman–Crippen LogP) is 7.09. The molecule has 2 fully saturated rings. The maximum Gasteiger partial charge on any atom is 0.227 e. The second kappa shape index (κ2) is 8.58. The predicted molar refractivity (Wildman–Crippen MR) is 125 cm³/mol. The molecule has 3 aromatic rings. The summed E-state index contributed by atoms with van der Waals surface area (Å²) in [5, 5.41) is 0. The van der Waals surface area contributed by atoms with E-state index < -0.39 is 11.6 Å². The number of halogens is 3. The Hall–Kier alpha value is -2.28. The molecule has 0 N–H and O–H groups in total. The molecule has 1 aliphatic heterocycles. The molecule has 2 aromatic carbocycles. The average Bonchev–Trinajstić information content (AvgIpc) is 3.14. The fraction of sp³-hybridized carbons (Fsp3) is 0.440. The normalized spacial score (nSPS) is 24.3. The molecule has 4 nitrogen and oxygen atoms in total. The molecule has 5 rings (SSSR count). The SMILES string of the molecule is CC1CCC(n2c(C3CCCC(=O)N3c3ccc(F)c(F)c3)nc3cc(Br)ccc32)CC1. The Morgan fingerprint density at radius 1 is 1.00 bits per heavy atom. The summed E-state index contributed by atoms with van der Waals surface area (Å²) in [6.07, 6.45) is 6.34. The Balaban J connectivity index is 1.65. The van der Waals surface area contributed by atoms with Gasteiger partial charge in [0.2, 0.25) is 5.91 Å². The first kappa shape index (κ1) is 21.6. The van der Waals surface area contributed by atoms with E-state index in [4.69, 9.17) is 4.98 Å². The molecule has 2 aliphatic rings. The summed E-state index contributed by atoms with van der Waals surface area (Å²) < 4.78 is 30.9. The molecule has 32 heavy (non-hydrogen) atoms. The summed E-state index contributed by atoms with van der Waals surface area (Å²) in [6.45, 7) is 2.30. The Bertz CT molecular complexity index is 1170. The first-order valence-corrected chi connectivity index (χ1v) is 12.2. The monoisotopic (exact) mass is 501 g/mol. The van der Waals surface area contributed by atoms with Gasteiger partial charge in [-0.3, -0.25) is 4.79 Å². The Morgan fingerprint density at radius 2 is 1.78 bits per heavy atom. The molecule has 1 aromatic heterocycles. The zero-order valence-electron chi connectivity index (χ0n) is 18.0. The summed E-state index contributed by atoms with van der Waals surface area (Å²) in [4.78, 5) is 19.7. The van der Waals surface area contributed by atoms with Crippen LogP contribution >= 0.6 is 15.9 Å². The van der Waals surface area contributed by atoms with Gasteiger partial charge < -0.3 is 9.47 Å². The third kappa shape index (κ3) is 3.85. The fourth-order valence-electron chi connectivity index (χ4n) is 5.28. The first-order chi connectivity index (χ1) is 15.4. The van der Waals surface area contributed by atoms with Crippen molar-refractivity contribution in [2.75, 3.05) is 4.90 Å². The number of rotatable bonds is 3. The maximum atomic E-state index is 14.1. The number of imidazole rings is 1. The molecule has 1 atom stereocenters. The van der Waals surface area contributed by atoms with Crippen molar-refractivity contribution in [3.63, 3.8) is 0 Å². The van der Waals surface area contributed by atoms with Crippen molar-refractivity contribution in [1.29, 1.82) is 0 Å². The molecule has 7 heteroatoms. The topological polar surface area (TPSA) is 38.1 Å². The number of hydrogen-bond donors (Lipinski definition) is 0. The lowest BCUT2D eigenvalue weighted by molar-refractivity contribution is -0.120. The summed E-state index contributed by atoms with van der Waals surface area (Å²) >= 11 is 3.55. The molecule has 1 aliphatic carbocycles. The van der Waals surface area contributed by atoms with E-state index in [0.717, 1.165) is 72.0 Å². The van der Waals surface area contributed by atoms with Crippen molar-refractivity contribution >= 4 is 38.6 Å². The van der Waals surface area contributed by atoms with Crippen LogP contribution in [0.1, 0.15) is 69.8 Å². The van der Waals surface area contributed by atoms with Crippen LogP contribution in [0.2, 0.25) is 0 Å². The number of amides is 1. The van der Waals surface area contributed by atoms with Crippen molar-refractivity contribution in [1.82, 2.24) is 9.55 Å². The number of aromatic nitrogens is 2. The minimum Gasteiger partial charge on any atom is -0.323 e. The molecule has 1 saturated heterocycles. The van der Waals surface area contributed by atoms with Crippen molar-refractivity contribution in [3.8, 4) is 0 Å². The zero-order chi connectivity index (χ0) is 22.4. The van der Waals surface area contributed by atoms with Crippen molar-refractivity contribution < 1.29 is 13.6 Å². The summed E-state index contributed by atoms with van der Waals surface area (Å²) in [5.74, 6) is -0.380. The average molecular weight is 502 g/mol. The zero-order valence-corrected chi connectivity index (χ0v) is 19.6. The van der Waals surface area contributed by atoms with E-state index in [2.05, 4.69) is 33.5 Å². The van der Waals surface area contributed by atoms with Crippen LogP contribution < -0.4 is 4.90 Å². The van der Waals surface area contributed by atoms with Gasteiger partial charge in [-0.1, -0.05) is 22.9 Å². The fourth-order valence-corrected chi connectivity index (χ4v) is 5.63. The summed E-state index contributed by atoms with van der Waals surface area (Å²) in [6, 6.07) is 9.82. The number of anilines is 1. The first-order valence-electron chi connectivity index (χ1n) is 11.4. The number of benzene rings is 2. The van der Waals surface area contributed by atoms with Crippen LogP contribution in [0.25, 0.3) is 11.0 Å². The molecule has 0 spiro atoms. The molecule has 168 valence electrons. The maximum absolute atomic E-state index is 14.1. The lowest BCUT2D eigenvalue weighted by Gasteiger charge is -2.37. The minimum absolute atomic E-state index is 0.0793. The van der Waals surface area contributed by atoms with Gasteiger partial charge in [0.15, 0.2) is 11.6 Å². The van der Waals surface area contributed by atoms with Crippen molar-refractivity contribution in [3.05, 3.63) is 58.3 Å². The minimum atomic E-state index is -0.946. The van der Waals surface area contributed by atoms with Crippen molar-refractivity contribution in [2.45, 2.75) is 64.0 Å². The second-order valence-electron chi connectivity index (χ2n) is 9.16. The van der Waals surface area contributed by atoms with Gasteiger partial charge in [-0.15, -0.1) is 0 Å². The van der Waals surface area contributed by atoms with Crippen LogP contribution in [0.3, 0.4) is 0 Å². The number of carbonyl (C=O) groups is 1. The molecule has 0 bridgehead atoms. The van der Waals surface area contributed by atoms with E-state index in [1.54, 1.807) is 4.90 Å². The molecule has 1 amide bonds. The van der Waals surface area contributed by atoms with E-state index in [-0.39, 0.29) is 11.9 Å². The number of hydrogen-bond acceptors (Lipinski definition) is 2. The van der Waals surface area contributed by atoms with E-state index >= 15 is 0 Å². The lowest BCUT2D eigenvalue weighted by atomic mass is 9.87. The summed E-state index contributed by atoms with van der Waals surface area (Å²) in [5.41, 5.74) is 2.33. The standard InChI is InChI=1S/C25H26BrF2N3O/c1-15-5-8-17(9-6-15)31-22-12-7-16(26)13-21(22)29-25(31)23-3-2-4-24(32)30(23)18-10-11-19(27)20(28)14-18/h7,10-15,17,23H,2-6,8-9H2,1H3. The number of piperidine rings is 1. The van der Waals surface area contributed by atoms with E-state index in [0.29, 0.717) is 24.1 Å². The van der Waals surface area contributed by atoms with Crippen molar-refractivity contribution in [2.24, 2.45) is 5.92 Å².